The van der Waals surface area contributed by atoms with Crippen molar-refractivity contribution in [2.45, 2.75) is 13.5 Å². The average Bonchev–Trinajstić information content (AvgIpc) is 3.16. The van der Waals surface area contributed by atoms with Crippen LogP contribution in [0.25, 0.3) is 10.2 Å². The normalized spacial score (nSPS) is 14.7. The summed E-state index contributed by atoms with van der Waals surface area (Å²) in [6, 6.07) is 9.83. The van der Waals surface area contributed by atoms with Crippen molar-refractivity contribution in [3.05, 3.63) is 46.6 Å². The van der Waals surface area contributed by atoms with Crippen molar-refractivity contribution in [1.29, 1.82) is 0 Å². The molecular formula is C23H28N4O4S. The maximum atomic E-state index is 13.3. The van der Waals surface area contributed by atoms with Crippen molar-refractivity contribution in [2.75, 3.05) is 53.6 Å². The Kier molecular flexibility index (Phi) is 7.19. The monoisotopic (exact) mass is 456 g/mol. The number of carbonyl (C=O) groups excluding carboxylic acids is 1. The predicted octanol–water partition coefficient (Wildman–Crippen LogP) is 2.99. The average molecular weight is 457 g/mol. The molecule has 0 aliphatic carbocycles. The van der Waals surface area contributed by atoms with Gasteiger partial charge in [-0.2, -0.15) is 4.98 Å². The first-order valence-electron chi connectivity index (χ1n) is 10.6. The SMILES string of the molecule is COCc1nc(OC)c2c(C)c(C(=O)N3CCN(CCOc4ccccc4)CC3)sc2n1. The highest BCUT2D eigenvalue weighted by molar-refractivity contribution is 7.20. The van der Waals surface area contributed by atoms with Gasteiger partial charge in [-0.25, -0.2) is 4.98 Å². The summed E-state index contributed by atoms with van der Waals surface area (Å²) < 4.78 is 16.4. The molecule has 1 saturated heterocycles. The summed E-state index contributed by atoms with van der Waals surface area (Å²) >= 11 is 1.40. The Morgan fingerprint density at radius 2 is 1.84 bits per heavy atom. The molecule has 1 aliphatic rings. The maximum absolute atomic E-state index is 13.3. The van der Waals surface area contributed by atoms with Crippen LogP contribution in [-0.2, 0) is 11.3 Å². The third-order valence-corrected chi connectivity index (χ3v) is 6.72. The highest BCUT2D eigenvalue weighted by Gasteiger charge is 2.27. The standard InChI is InChI=1S/C23H28N4O4S/c1-16-19-21(30-3)24-18(15-29-2)25-22(19)32-20(16)23(28)27-11-9-26(10-12-27)13-14-31-17-7-5-4-6-8-17/h4-8H,9-15H2,1-3H3. The second-order valence-corrected chi connectivity index (χ2v) is 8.61. The number of hydrogen-bond acceptors (Lipinski definition) is 8. The van der Waals surface area contributed by atoms with E-state index in [9.17, 15) is 4.79 Å². The molecule has 3 aromatic rings. The number of aryl methyl sites for hydroxylation is 1. The van der Waals surface area contributed by atoms with Crippen LogP contribution in [0.2, 0.25) is 0 Å². The lowest BCUT2D eigenvalue weighted by molar-refractivity contribution is 0.0624. The number of carbonyl (C=O) groups is 1. The highest BCUT2D eigenvalue weighted by Crippen LogP contribution is 2.35. The molecule has 0 atom stereocenters. The molecule has 1 amide bonds. The molecule has 0 radical (unpaired) electrons. The van der Waals surface area contributed by atoms with Gasteiger partial charge >= 0.3 is 0 Å². The molecule has 8 nitrogen and oxygen atoms in total. The van der Waals surface area contributed by atoms with Crippen LogP contribution in [0, 0.1) is 6.92 Å². The quantitative estimate of drug-likeness (QED) is 0.516. The van der Waals surface area contributed by atoms with E-state index in [2.05, 4.69) is 14.9 Å². The number of fused-ring (bicyclic) bond motifs is 1. The number of para-hydroxylation sites is 1. The lowest BCUT2D eigenvalue weighted by atomic mass is 10.2. The van der Waals surface area contributed by atoms with Gasteiger partial charge in [0, 0.05) is 39.8 Å². The predicted molar refractivity (Wildman–Crippen MR) is 124 cm³/mol. The van der Waals surface area contributed by atoms with Crippen LogP contribution >= 0.6 is 11.3 Å². The zero-order chi connectivity index (χ0) is 22.5. The molecule has 0 saturated carbocycles. The van der Waals surface area contributed by atoms with E-state index in [1.165, 1.54) is 11.3 Å². The van der Waals surface area contributed by atoms with Crippen molar-refractivity contribution < 1.29 is 19.0 Å². The van der Waals surface area contributed by atoms with Gasteiger partial charge in [0.1, 0.15) is 23.8 Å². The fourth-order valence-electron chi connectivity index (χ4n) is 3.82. The second-order valence-electron chi connectivity index (χ2n) is 7.61. The topological polar surface area (TPSA) is 77.0 Å². The molecule has 0 unspecified atom stereocenters. The van der Waals surface area contributed by atoms with E-state index in [-0.39, 0.29) is 5.91 Å². The Bertz CT molecular complexity index is 1060. The molecule has 9 heteroatoms. The number of aromatic nitrogens is 2. The van der Waals surface area contributed by atoms with Crippen molar-refractivity contribution in [3.8, 4) is 11.6 Å². The van der Waals surface area contributed by atoms with Gasteiger partial charge in [0.25, 0.3) is 5.91 Å². The molecule has 1 fully saturated rings. The van der Waals surface area contributed by atoms with Gasteiger partial charge in [-0.1, -0.05) is 18.2 Å². The summed E-state index contributed by atoms with van der Waals surface area (Å²) in [4.78, 5) is 28.0. The molecule has 1 aliphatic heterocycles. The summed E-state index contributed by atoms with van der Waals surface area (Å²) in [6.45, 7) is 6.74. The molecule has 1 aromatic carbocycles. The molecule has 170 valence electrons. The van der Waals surface area contributed by atoms with Crippen molar-refractivity contribution in [2.24, 2.45) is 0 Å². The summed E-state index contributed by atoms with van der Waals surface area (Å²) in [6.07, 6.45) is 0. The van der Waals surface area contributed by atoms with Gasteiger partial charge < -0.3 is 19.1 Å². The van der Waals surface area contributed by atoms with Gasteiger partial charge in [-0.15, -0.1) is 11.3 Å². The number of methoxy groups -OCH3 is 2. The van der Waals surface area contributed by atoms with Gasteiger partial charge in [0.15, 0.2) is 5.82 Å². The minimum Gasteiger partial charge on any atom is -0.492 e. The van der Waals surface area contributed by atoms with E-state index < -0.39 is 0 Å². The zero-order valence-electron chi connectivity index (χ0n) is 18.7. The number of hydrogen-bond donors (Lipinski definition) is 0. The Balaban J connectivity index is 1.39. The second kappa shape index (κ2) is 10.2. The smallest absolute Gasteiger partial charge is 0.264 e. The van der Waals surface area contributed by atoms with Crippen LogP contribution in [0.5, 0.6) is 11.6 Å². The van der Waals surface area contributed by atoms with Crippen LogP contribution in [-0.4, -0.2) is 79.2 Å². The first kappa shape index (κ1) is 22.4. The van der Waals surface area contributed by atoms with Crippen LogP contribution < -0.4 is 9.47 Å². The first-order valence-corrected chi connectivity index (χ1v) is 11.4. The van der Waals surface area contributed by atoms with E-state index in [4.69, 9.17) is 14.2 Å². The van der Waals surface area contributed by atoms with Gasteiger partial charge in [0.05, 0.1) is 17.4 Å². The lowest BCUT2D eigenvalue weighted by Crippen LogP contribution is -2.49. The fourth-order valence-corrected chi connectivity index (χ4v) is 4.98. The maximum Gasteiger partial charge on any atom is 0.264 e. The molecule has 0 N–H and O–H groups in total. The Morgan fingerprint density at radius 3 is 2.53 bits per heavy atom. The summed E-state index contributed by atoms with van der Waals surface area (Å²) in [5, 5.41) is 0.803. The molecule has 0 spiro atoms. The molecule has 3 heterocycles. The zero-order valence-corrected chi connectivity index (χ0v) is 19.5. The van der Waals surface area contributed by atoms with Gasteiger partial charge in [-0.3, -0.25) is 9.69 Å². The number of ether oxygens (including phenoxy) is 3. The molecule has 2 aromatic heterocycles. The van der Waals surface area contributed by atoms with Crippen LogP contribution in [0.3, 0.4) is 0 Å². The number of amides is 1. The van der Waals surface area contributed by atoms with Gasteiger partial charge in [0.2, 0.25) is 5.88 Å². The summed E-state index contributed by atoms with van der Waals surface area (Å²) in [5.74, 6) is 1.95. The van der Waals surface area contributed by atoms with Gasteiger partial charge in [-0.05, 0) is 24.6 Å². The minimum atomic E-state index is 0.0426. The Hall–Kier alpha value is -2.75. The molecule has 4 rings (SSSR count). The van der Waals surface area contributed by atoms with Crippen LogP contribution in [0.4, 0.5) is 0 Å². The number of rotatable bonds is 8. The number of thiophene rings is 1. The van der Waals surface area contributed by atoms with E-state index >= 15 is 0 Å². The Morgan fingerprint density at radius 1 is 1.09 bits per heavy atom. The molecule has 32 heavy (non-hydrogen) atoms. The third-order valence-electron chi connectivity index (χ3n) is 5.54. The fraction of sp³-hybridized carbons (Fsp3) is 0.435. The van der Waals surface area contributed by atoms with Crippen molar-refractivity contribution in [3.63, 3.8) is 0 Å². The molecule has 0 bridgehead atoms. The van der Waals surface area contributed by atoms with E-state index in [1.54, 1.807) is 14.2 Å². The number of piperazine rings is 1. The Labute approximate surface area is 191 Å². The van der Waals surface area contributed by atoms with Crippen LogP contribution in [0.15, 0.2) is 30.3 Å². The van der Waals surface area contributed by atoms with E-state index in [0.29, 0.717) is 42.9 Å². The lowest BCUT2D eigenvalue weighted by Gasteiger charge is -2.34. The first-order chi connectivity index (χ1) is 15.6. The minimum absolute atomic E-state index is 0.0426. The third kappa shape index (κ3) is 4.85. The van der Waals surface area contributed by atoms with E-state index in [0.717, 1.165) is 41.2 Å². The largest absolute Gasteiger partial charge is 0.492 e. The number of nitrogens with zero attached hydrogens (tertiary/aromatic N) is 4. The van der Waals surface area contributed by atoms with E-state index in [1.807, 2.05) is 42.2 Å². The summed E-state index contributed by atoms with van der Waals surface area (Å²) in [5.41, 5.74) is 0.870. The highest BCUT2D eigenvalue weighted by atomic mass is 32.1. The number of benzene rings is 1. The molecular weight excluding hydrogens is 428 g/mol. The van der Waals surface area contributed by atoms with Crippen molar-refractivity contribution in [1.82, 2.24) is 19.8 Å². The van der Waals surface area contributed by atoms with Crippen LogP contribution in [0.1, 0.15) is 21.1 Å². The summed E-state index contributed by atoms with van der Waals surface area (Å²) in [7, 11) is 3.18. The van der Waals surface area contributed by atoms with Crippen molar-refractivity contribution >= 4 is 27.5 Å².